The summed E-state index contributed by atoms with van der Waals surface area (Å²) >= 11 is 3.16. The van der Waals surface area contributed by atoms with E-state index < -0.39 is 5.69 Å². The monoisotopic (exact) mass is 452 g/mol. The highest BCUT2D eigenvalue weighted by Gasteiger charge is 2.14. The summed E-state index contributed by atoms with van der Waals surface area (Å²) < 4.78 is 3.44. The Labute approximate surface area is 186 Å². The molecule has 0 aliphatic heterocycles. The number of rotatable bonds is 6. The minimum absolute atomic E-state index is 0.186. The van der Waals surface area contributed by atoms with Crippen molar-refractivity contribution in [2.24, 2.45) is 0 Å². The Morgan fingerprint density at radius 1 is 1.10 bits per heavy atom. The van der Waals surface area contributed by atoms with E-state index in [1.165, 1.54) is 4.57 Å². The molecule has 0 unspecified atom stereocenters. The molecular formula is C22H20N4O3S2. The predicted octanol–water partition coefficient (Wildman–Crippen LogP) is 3.74. The van der Waals surface area contributed by atoms with Crippen molar-refractivity contribution in [2.45, 2.75) is 36.2 Å². The lowest BCUT2D eigenvalue weighted by Crippen LogP contribution is -2.41. The highest BCUT2D eigenvalue weighted by molar-refractivity contribution is 8.01. The zero-order valence-electron chi connectivity index (χ0n) is 17.0. The maximum atomic E-state index is 12.8. The third-order valence-electron chi connectivity index (χ3n) is 4.69. The van der Waals surface area contributed by atoms with Gasteiger partial charge in [0.1, 0.15) is 6.54 Å². The highest BCUT2D eigenvalue weighted by atomic mass is 32.2. The molecule has 2 aromatic carbocycles. The van der Waals surface area contributed by atoms with Gasteiger partial charge in [-0.2, -0.15) is 0 Å². The molecule has 7 nitrogen and oxygen atoms in total. The maximum Gasteiger partial charge on any atom is 0.331 e. The van der Waals surface area contributed by atoms with E-state index in [2.05, 4.69) is 10.3 Å². The number of hydrogen-bond acceptors (Lipinski definition) is 6. The van der Waals surface area contributed by atoms with Crippen LogP contribution in [0.4, 0.5) is 5.69 Å². The molecule has 0 aliphatic carbocycles. The second-order valence-corrected chi connectivity index (χ2v) is 9.04. The SMILES string of the molecule is CCn1c(=O)c2ccccc2n(CC(=O)Nc2ccc(Sc3nc(C)cs3)cc2)c1=O. The molecule has 0 bridgehead atoms. The first-order chi connectivity index (χ1) is 15.0. The van der Waals surface area contributed by atoms with Crippen LogP contribution in [-0.4, -0.2) is 20.0 Å². The molecule has 2 aromatic heterocycles. The van der Waals surface area contributed by atoms with E-state index in [1.54, 1.807) is 54.3 Å². The number of nitrogens with one attached hydrogen (secondary N) is 1. The van der Waals surface area contributed by atoms with Gasteiger partial charge in [0.15, 0.2) is 4.34 Å². The van der Waals surface area contributed by atoms with Gasteiger partial charge in [-0.15, -0.1) is 11.3 Å². The van der Waals surface area contributed by atoms with Crippen LogP contribution >= 0.6 is 23.1 Å². The normalized spacial score (nSPS) is 11.0. The summed E-state index contributed by atoms with van der Waals surface area (Å²) in [5, 5.41) is 5.24. The largest absolute Gasteiger partial charge is 0.331 e. The van der Waals surface area contributed by atoms with Crippen molar-refractivity contribution >= 4 is 45.6 Å². The number of amides is 1. The molecule has 2 heterocycles. The molecule has 0 saturated carbocycles. The van der Waals surface area contributed by atoms with E-state index in [9.17, 15) is 14.4 Å². The molecular weight excluding hydrogens is 432 g/mol. The number of para-hydroxylation sites is 1. The number of carbonyl (C=O) groups excluding carboxylic acids is 1. The lowest BCUT2D eigenvalue weighted by molar-refractivity contribution is -0.116. The summed E-state index contributed by atoms with van der Waals surface area (Å²) in [6.07, 6.45) is 0. The van der Waals surface area contributed by atoms with Gasteiger partial charge in [0.05, 0.1) is 10.9 Å². The lowest BCUT2D eigenvalue weighted by atomic mass is 10.2. The van der Waals surface area contributed by atoms with E-state index >= 15 is 0 Å². The molecule has 4 rings (SSSR count). The van der Waals surface area contributed by atoms with Crippen molar-refractivity contribution < 1.29 is 4.79 Å². The molecule has 9 heteroatoms. The molecule has 0 aliphatic rings. The van der Waals surface area contributed by atoms with Gasteiger partial charge >= 0.3 is 5.69 Å². The summed E-state index contributed by atoms with van der Waals surface area (Å²) in [7, 11) is 0. The van der Waals surface area contributed by atoms with Gasteiger partial charge in [-0.25, -0.2) is 9.78 Å². The van der Waals surface area contributed by atoms with Gasteiger partial charge < -0.3 is 5.32 Å². The predicted molar refractivity (Wildman–Crippen MR) is 124 cm³/mol. The van der Waals surface area contributed by atoms with Gasteiger partial charge in [0.25, 0.3) is 5.56 Å². The highest BCUT2D eigenvalue weighted by Crippen LogP contribution is 2.30. The van der Waals surface area contributed by atoms with Gasteiger partial charge in [0, 0.05) is 28.2 Å². The summed E-state index contributed by atoms with van der Waals surface area (Å²) in [6, 6.07) is 14.3. The Balaban J connectivity index is 1.53. The Kier molecular flexibility index (Phi) is 6.06. The first-order valence-electron chi connectivity index (χ1n) is 9.68. The van der Waals surface area contributed by atoms with Crippen molar-refractivity contribution in [3.8, 4) is 0 Å². The van der Waals surface area contributed by atoms with E-state index in [1.807, 2.05) is 36.6 Å². The molecule has 0 radical (unpaired) electrons. The minimum Gasteiger partial charge on any atom is -0.325 e. The fourth-order valence-electron chi connectivity index (χ4n) is 3.23. The quantitative estimate of drug-likeness (QED) is 0.482. The molecule has 0 spiro atoms. The Bertz CT molecular complexity index is 1370. The number of thiazole rings is 1. The molecule has 0 fully saturated rings. The third kappa shape index (κ3) is 4.47. The van der Waals surface area contributed by atoms with Gasteiger partial charge in [0.2, 0.25) is 5.91 Å². The van der Waals surface area contributed by atoms with Crippen molar-refractivity contribution in [2.75, 3.05) is 5.32 Å². The average molecular weight is 453 g/mol. The van der Waals surface area contributed by atoms with Gasteiger partial charge in [-0.3, -0.25) is 18.7 Å². The topological polar surface area (TPSA) is 86.0 Å². The fourth-order valence-corrected chi connectivity index (χ4v) is 5.04. The molecule has 4 aromatic rings. The lowest BCUT2D eigenvalue weighted by Gasteiger charge is -2.13. The number of aryl methyl sites for hydroxylation is 1. The van der Waals surface area contributed by atoms with Crippen molar-refractivity contribution in [3.05, 3.63) is 80.4 Å². The van der Waals surface area contributed by atoms with Crippen LogP contribution in [0.3, 0.4) is 0 Å². The molecule has 1 N–H and O–H groups in total. The Hall–Kier alpha value is -3.17. The number of aromatic nitrogens is 3. The number of carbonyl (C=O) groups is 1. The smallest absolute Gasteiger partial charge is 0.325 e. The average Bonchev–Trinajstić information content (AvgIpc) is 3.17. The zero-order chi connectivity index (χ0) is 22.0. The summed E-state index contributed by atoms with van der Waals surface area (Å²) in [4.78, 5) is 43.4. The molecule has 31 heavy (non-hydrogen) atoms. The molecule has 1 amide bonds. The Morgan fingerprint density at radius 2 is 1.84 bits per heavy atom. The maximum absolute atomic E-state index is 12.8. The van der Waals surface area contributed by atoms with E-state index in [0.717, 1.165) is 19.5 Å². The van der Waals surface area contributed by atoms with E-state index in [4.69, 9.17) is 0 Å². The third-order valence-corrected chi connectivity index (χ3v) is 6.76. The van der Waals surface area contributed by atoms with Gasteiger partial charge in [-0.1, -0.05) is 23.9 Å². The van der Waals surface area contributed by atoms with E-state index in [-0.39, 0.29) is 24.6 Å². The van der Waals surface area contributed by atoms with Crippen LogP contribution in [0.15, 0.2) is 72.7 Å². The summed E-state index contributed by atoms with van der Waals surface area (Å²) in [6.45, 7) is 3.74. The summed E-state index contributed by atoms with van der Waals surface area (Å²) in [5.41, 5.74) is 1.23. The van der Waals surface area contributed by atoms with Crippen LogP contribution in [0, 0.1) is 6.92 Å². The first-order valence-corrected chi connectivity index (χ1v) is 11.4. The summed E-state index contributed by atoms with van der Waals surface area (Å²) in [5.74, 6) is -0.343. The van der Waals surface area contributed by atoms with Crippen molar-refractivity contribution in [1.82, 2.24) is 14.1 Å². The number of fused-ring (bicyclic) bond motifs is 1. The fraction of sp³-hybridized carbons (Fsp3) is 0.182. The van der Waals surface area contributed by atoms with Crippen LogP contribution in [0.5, 0.6) is 0 Å². The van der Waals surface area contributed by atoms with Gasteiger partial charge in [-0.05, 0) is 50.2 Å². The van der Waals surface area contributed by atoms with Crippen LogP contribution in [-0.2, 0) is 17.9 Å². The van der Waals surface area contributed by atoms with Crippen molar-refractivity contribution in [3.63, 3.8) is 0 Å². The van der Waals surface area contributed by atoms with Crippen molar-refractivity contribution in [1.29, 1.82) is 0 Å². The standard InChI is InChI=1S/C22H20N4O3S2/c1-3-25-20(28)17-6-4-5-7-18(17)26(22(25)29)12-19(27)24-15-8-10-16(11-9-15)31-21-23-14(2)13-30-21/h4-11,13H,3,12H2,1-2H3,(H,24,27). The minimum atomic E-state index is -0.494. The second-order valence-electron chi connectivity index (χ2n) is 6.86. The second kappa shape index (κ2) is 8.91. The van der Waals surface area contributed by atoms with Crippen LogP contribution < -0.4 is 16.6 Å². The van der Waals surface area contributed by atoms with Crippen LogP contribution in [0.1, 0.15) is 12.6 Å². The zero-order valence-corrected chi connectivity index (χ0v) is 18.6. The molecule has 0 atom stereocenters. The van der Waals surface area contributed by atoms with E-state index in [0.29, 0.717) is 16.6 Å². The number of hydrogen-bond donors (Lipinski definition) is 1. The molecule has 158 valence electrons. The number of benzene rings is 2. The Morgan fingerprint density at radius 3 is 2.52 bits per heavy atom. The number of anilines is 1. The first kappa shape index (κ1) is 21.1. The van der Waals surface area contributed by atoms with Crippen LogP contribution in [0.25, 0.3) is 10.9 Å². The van der Waals surface area contributed by atoms with Crippen LogP contribution in [0.2, 0.25) is 0 Å². The number of nitrogens with zero attached hydrogens (tertiary/aromatic N) is 3. The molecule has 0 saturated heterocycles.